The highest BCUT2D eigenvalue weighted by molar-refractivity contribution is 5.43. The van der Waals surface area contributed by atoms with E-state index in [0.717, 1.165) is 25.2 Å². The quantitative estimate of drug-likeness (QED) is 0.493. The first-order valence-corrected chi connectivity index (χ1v) is 11.0. The number of nitrogens with zero attached hydrogens (tertiary/aromatic N) is 4. The number of pyridine rings is 1. The van der Waals surface area contributed by atoms with Crippen molar-refractivity contribution in [3.8, 4) is 11.5 Å². The molecule has 1 N–H and O–H groups in total. The first kappa shape index (κ1) is 19.8. The van der Waals surface area contributed by atoms with Gasteiger partial charge >= 0.3 is 0 Å². The fraction of sp³-hybridized carbons (Fsp3) is 0.308. The topological polar surface area (TPSA) is 47.7 Å². The van der Waals surface area contributed by atoms with Crippen molar-refractivity contribution < 1.29 is 0 Å². The summed E-state index contributed by atoms with van der Waals surface area (Å²) in [5.74, 6) is 0.946. The molecular formula is C26H29N5. The van der Waals surface area contributed by atoms with Crippen molar-refractivity contribution in [3.63, 3.8) is 0 Å². The van der Waals surface area contributed by atoms with Crippen LogP contribution in [0.3, 0.4) is 0 Å². The van der Waals surface area contributed by atoms with E-state index < -0.39 is 0 Å². The maximum absolute atomic E-state index is 4.82. The average Bonchev–Trinajstić information content (AvgIpc) is 3.39. The minimum atomic E-state index is 0.202. The summed E-state index contributed by atoms with van der Waals surface area (Å²) in [7, 11) is 0. The van der Waals surface area contributed by atoms with E-state index in [1.54, 1.807) is 0 Å². The van der Waals surface area contributed by atoms with Gasteiger partial charge < -0.3 is 9.88 Å². The Hall–Kier alpha value is -3.18. The van der Waals surface area contributed by atoms with Crippen molar-refractivity contribution in [2.24, 2.45) is 5.41 Å². The van der Waals surface area contributed by atoms with Crippen LogP contribution in [0.15, 0.2) is 73.2 Å². The molecule has 0 bridgehead atoms. The summed E-state index contributed by atoms with van der Waals surface area (Å²) in [6.45, 7) is 7.64. The van der Waals surface area contributed by atoms with E-state index in [0.29, 0.717) is 0 Å². The van der Waals surface area contributed by atoms with Crippen molar-refractivity contribution in [3.05, 3.63) is 95.7 Å². The van der Waals surface area contributed by atoms with Crippen LogP contribution in [0.2, 0.25) is 0 Å². The lowest BCUT2D eigenvalue weighted by Gasteiger charge is -2.36. The van der Waals surface area contributed by atoms with Gasteiger partial charge in [-0.05, 0) is 61.1 Å². The van der Waals surface area contributed by atoms with E-state index in [9.17, 15) is 0 Å². The second kappa shape index (κ2) is 7.82. The van der Waals surface area contributed by atoms with Crippen LogP contribution < -0.4 is 5.32 Å². The Bertz CT molecular complexity index is 1190. The molecule has 5 rings (SSSR count). The lowest BCUT2D eigenvalue weighted by Crippen LogP contribution is -2.34. The van der Waals surface area contributed by atoms with Gasteiger partial charge in [-0.2, -0.15) is 5.10 Å². The lowest BCUT2D eigenvalue weighted by molar-refractivity contribution is 0.252. The predicted octanol–water partition coefficient (Wildman–Crippen LogP) is 5.17. The van der Waals surface area contributed by atoms with Gasteiger partial charge in [0, 0.05) is 41.9 Å². The Morgan fingerprint density at radius 1 is 1.06 bits per heavy atom. The summed E-state index contributed by atoms with van der Waals surface area (Å²) in [5, 5.41) is 8.64. The molecule has 0 fully saturated rings. The molecule has 4 aromatic rings. The first-order valence-electron chi connectivity index (χ1n) is 11.0. The number of rotatable bonds is 5. The summed E-state index contributed by atoms with van der Waals surface area (Å²) in [6, 6.07) is 19.0. The van der Waals surface area contributed by atoms with Crippen molar-refractivity contribution in [1.82, 2.24) is 24.6 Å². The maximum atomic E-state index is 4.82. The summed E-state index contributed by atoms with van der Waals surface area (Å²) < 4.78 is 4.30. The second-order valence-corrected chi connectivity index (χ2v) is 9.28. The minimum absolute atomic E-state index is 0.202. The number of aryl methyl sites for hydroxylation is 1. The van der Waals surface area contributed by atoms with Crippen LogP contribution in [0.25, 0.3) is 11.5 Å². The second-order valence-electron chi connectivity index (χ2n) is 9.28. The monoisotopic (exact) mass is 411 g/mol. The van der Waals surface area contributed by atoms with Crippen LogP contribution in [0, 0.1) is 12.3 Å². The molecule has 0 saturated carbocycles. The van der Waals surface area contributed by atoms with Gasteiger partial charge in [-0.25, -0.2) is 9.67 Å². The fourth-order valence-corrected chi connectivity index (χ4v) is 4.74. The lowest BCUT2D eigenvalue weighted by atomic mass is 9.74. The normalized spacial score (nSPS) is 17.5. The van der Waals surface area contributed by atoms with Crippen LogP contribution in [0.4, 0.5) is 0 Å². The molecule has 5 nitrogen and oxygen atoms in total. The number of fused-ring (bicyclic) bond motifs is 1. The van der Waals surface area contributed by atoms with E-state index in [-0.39, 0.29) is 11.5 Å². The number of hydrogen-bond acceptors (Lipinski definition) is 3. The van der Waals surface area contributed by atoms with Crippen LogP contribution in [-0.4, -0.2) is 19.3 Å². The molecule has 1 aliphatic carbocycles. The third-order valence-corrected chi connectivity index (χ3v) is 6.28. The molecule has 0 amide bonds. The standard InChI is InChI=1S/C26H29N5/c1-19-9-4-5-11-23(19)31-24-16-26(2,3)15-22(21(24)18-29-31)28-17-20-10-8-14-30(20)25-12-6-7-13-27-25/h4-14,18,22,28H,15-17H2,1-3H3/t22-/m0/s1. The van der Waals surface area contributed by atoms with Gasteiger partial charge in [0.1, 0.15) is 5.82 Å². The highest BCUT2D eigenvalue weighted by Gasteiger charge is 2.35. The molecule has 1 aliphatic rings. The van der Waals surface area contributed by atoms with E-state index in [1.807, 2.05) is 24.4 Å². The minimum Gasteiger partial charge on any atom is -0.304 e. The molecule has 3 heterocycles. The van der Waals surface area contributed by atoms with Crippen molar-refractivity contribution in [2.75, 3.05) is 0 Å². The number of benzene rings is 1. The van der Waals surface area contributed by atoms with E-state index >= 15 is 0 Å². The third-order valence-electron chi connectivity index (χ3n) is 6.28. The van der Waals surface area contributed by atoms with E-state index in [2.05, 4.69) is 89.1 Å². The first-order chi connectivity index (χ1) is 15.0. The predicted molar refractivity (Wildman–Crippen MR) is 124 cm³/mol. The molecule has 0 spiro atoms. The number of aromatic nitrogens is 4. The molecule has 1 aromatic carbocycles. The summed E-state index contributed by atoms with van der Waals surface area (Å²) in [6.07, 6.45) is 8.09. The fourth-order valence-electron chi connectivity index (χ4n) is 4.74. The van der Waals surface area contributed by atoms with Crippen LogP contribution in [-0.2, 0) is 13.0 Å². The smallest absolute Gasteiger partial charge is 0.136 e. The molecule has 0 saturated heterocycles. The zero-order chi connectivity index (χ0) is 21.4. The highest BCUT2D eigenvalue weighted by atomic mass is 15.3. The third kappa shape index (κ3) is 3.81. The molecule has 31 heavy (non-hydrogen) atoms. The van der Waals surface area contributed by atoms with Gasteiger partial charge in [0.25, 0.3) is 0 Å². The Kier molecular flexibility index (Phi) is 4.98. The van der Waals surface area contributed by atoms with E-state index in [4.69, 9.17) is 5.10 Å². The van der Waals surface area contributed by atoms with Crippen LogP contribution >= 0.6 is 0 Å². The van der Waals surface area contributed by atoms with Crippen molar-refractivity contribution >= 4 is 0 Å². The summed E-state index contributed by atoms with van der Waals surface area (Å²) >= 11 is 0. The van der Waals surface area contributed by atoms with Gasteiger partial charge in [-0.1, -0.05) is 38.1 Å². The van der Waals surface area contributed by atoms with Crippen LogP contribution in [0.1, 0.15) is 48.8 Å². The van der Waals surface area contributed by atoms with Gasteiger partial charge in [-0.3, -0.25) is 0 Å². The van der Waals surface area contributed by atoms with Crippen molar-refractivity contribution in [2.45, 2.75) is 46.2 Å². The summed E-state index contributed by atoms with van der Waals surface area (Å²) in [4.78, 5) is 4.50. The Balaban J connectivity index is 1.44. The zero-order valence-electron chi connectivity index (χ0n) is 18.4. The average molecular weight is 412 g/mol. The Labute approximate surface area is 183 Å². The largest absolute Gasteiger partial charge is 0.304 e. The molecule has 158 valence electrons. The molecular weight excluding hydrogens is 382 g/mol. The Morgan fingerprint density at radius 3 is 2.71 bits per heavy atom. The summed E-state index contributed by atoms with van der Waals surface area (Å²) in [5.41, 5.74) is 6.46. The van der Waals surface area contributed by atoms with Crippen molar-refractivity contribution in [1.29, 1.82) is 0 Å². The highest BCUT2D eigenvalue weighted by Crippen LogP contribution is 2.41. The number of para-hydroxylation sites is 1. The zero-order valence-corrected chi connectivity index (χ0v) is 18.4. The number of hydrogen-bond donors (Lipinski definition) is 1. The molecule has 0 unspecified atom stereocenters. The molecule has 3 aromatic heterocycles. The molecule has 5 heteroatoms. The number of nitrogens with one attached hydrogen (secondary N) is 1. The van der Waals surface area contributed by atoms with E-state index in [1.165, 1.54) is 28.2 Å². The SMILES string of the molecule is Cc1ccccc1-n1ncc2c1CC(C)(C)C[C@@H]2NCc1cccn1-c1ccccn1. The molecule has 0 aliphatic heterocycles. The molecule has 1 atom stereocenters. The van der Waals surface area contributed by atoms with Gasteiger partial charge in [0.05, 0.1) is 11.9 Å². The van der Waals surface area contributed by atoms with Gasteiger partial charge in [0.15, 0.2) is 0 Å². The molecule has 0 radical (unpaired) electrons. The van der Waals surface area contributed by atoms with Gasteiger partial charge in [0.2, 0.25) is 0 Å². The Morgan fingerprint density at radius 2 is 1.90 bits per heavy atom. The van der Waals surface area contributed by atoms with Crippen LogP contribution in [0.5, 0.6) is 0 Å². The maximum Gasteiger partial charge on any atom is 0.136 e. The van der Waals surface area contributed by atoms with Gasteiger partial charge in [-0.15, -0.1) is 0 Å².